The van der Waals surface area contributed by atoms with Gasteiger partial charge in [-0.25, -0.2) is 9.18 Å². The van der Waals surface area contributed by atoms with Crippen LogP contribution in [0.5, 0.6) is 5.75 Å². The number of benzene rings is 2. The largest absolute Gasteiger partial charge is 0.489 e. The predicted molar refractivity (Wildman–Crippen MR) is 117 cm³/mol. The van der Waals surface area contributed by atoms with Crippen molar-refractivity contribution in [3.63, 3.8) is 0 Å². The molecule has 0 saturated carbocycles. The minimum absolute atomic E-state index is 0.103. The van der Waals surface area contributed by atoms with Crippen molar-refractivity contribution in [3.8, 4) is 5.75 Å². The van der Waals surface area contributed by atoms with Crippen molar-refractivity contribution in [1.82, 2.24) is 15.5 Å². The molecule has 0 bridgehead atoms. The maximum absolute atomic E-state index is 13.2. The number of nitrogens with one attached hydrogen (secondary N) is 2. The van der Waals surface area contributed by atoms with E-state index < -0.39 is 0 Å². The van der Waals surface area contributed by atoms with E-state index >= 15 is 0 Å². The lowest BCUT2D eigenvalue weighted by Gasteiger charge is -2.35. The average Bonchev–Trinajstić information content (AvgIpc) is 2.77. The smallest absolute Gasteiger partial charge is 0.318 e. The summed E-state index contributed by atoms with van der Waals surface area (Å²) < 4.78 is 18.9. The molecule has 160 valence electrons. The van der Waals surface area contributed by atoms with E-state index in [0.29, 0.717) is 19.7 Å². The third kappa shape index (κ3) is 6.59. The molecule has 6 heteroatoms. The molecule has 2 aromatic carbocycles. The first-order valence-electron chi connectivity index (χ1n) is 10.4. The number of ether oxygens (including phenoxy) is 1. The highest BCUT2D eigenvalue weighted by atomic mass is 19.1. The summed E-state index contributed by atoms with van der Waals surface area (Å²) in [7, 11) is 0. The van der Waals surface area contributed by atoms with Crippen LogP contribution in [0.1, 0.15) is 30.9 Å². The highest BCUT2D eigenvalue weighted by Crippen LogP contribution is 2.17. The fraction of sp³-hybridized carbons (Fsp3) is 0.375. The lowest BCUT2D eigenvalue weighted by atomic mass is 10.0. The second-order valence-corrected chi connectivity index (χ2v) is 7.78. The van der Waals surface area contributed by atoms with Crippen molar-refractivity contribution in [3.05, 3.63) is 77.6 Å². The molecule has 0 aliphatic carbocycles. The van der Waals surface area contributed by atoms with Crippen molar-refractivity contribution in [2.24, 2.45) is 0 Å². The van der Waals surface area contributed by atoms with Crippen molar-refractivity contribution in [1.29, 1.82) is 0 Å². The molecule has 5 nitrogen and oxygen atoms in total. The number of carbonyl (C=O) groups excluding carboxylic acids is 1. The maximum Gasteiger partial charge on any atom is 0.318 e. The van der Waals surface area contributed by atoms with Gasteiger partial charge in [0.05, 0.1) is 0 Å². The zero-order chi connectivity index (χ0) is 21.3. The van der Waals surface area contributed by atoms with Crippen molar-refractivity contribution < 1.29 is 13.9 Å². The van der Waals surface area contributed by atoms with Gasteiger partial charge >= 0.3 is 6.03 Å². The van der Waals surface area contributed by atoms with Crippen LogP contribution in [-0.2, 0) is 13.1 Å². The number of amides is 2. The van der Waals surface area contributed by atoms with Crippen LogP contribution in [-0.4, -0.2) is 36.7 Å². The molecule has 2 aromatic rings. The van der Waals surface area contributed by atoms with E-state index in [0.717, 1.165) is 48.4 Å². The van der Waals surface area contributed by atoms with Gasteiger partial charge in [-0.3, -0.25) is 0 Å². The molecule has 1 fully saturated rings. The monoisotopic (exact) mass is 411 g/mol. The minimum Gasteiger partial charge on any atom is -0.489 e. The lowest BCUT2D eigenvalue weighted by molar-refractivity contribution is 0.154. The highest BCUT2D eigenvalue weighted by Gasteiger charge is 2.25. The van der Waals surface area contributed by atoms with Gasteiger partial charge in [-0.15, -0.1) is 0 Å². The van der Waals surface area contributed by atoms with E-state index in [1.165, 1.54) is 12.1 Å². The number of hydrogen-bond donors (Lipinski definition) is 2. The van der Waals surface area contributed by atoms with Crippen LogP contribution in [0.4, 0.5) is 9.18 Å². The Labute approximate surface area is 177 Å². The molecule has 2 amide bonds. The number of nitrogens with zero attached hydrogens (tertiary/aromatic N) is 1. The Bertz CT molecular complexity index is 831. The van der Waals surface area contributed by atoms with E-state index in [9.17, 15) is 9.18 Å². The Kier molecular flexibility index (Phi) is 7.85. The van der Waals surface area contributed by atoms with Crippen LogP contribution in [0, 0.1) is 5.82 Å². The minimum atomic E-state index is -0.271. The molecule has 0 unspecified atom stereocenters. The zero-order valence-corrected chi connectivity index (χ0v) is 17.5. The topological polar surface area (TPSA) is 53.6 Å². The molecule has 1 saturated heterocycles. The van der Waals surface area contributed by atoms with E-state index in [2.05, 4.69) is 17.2 Å². The van der Waals surface area contributed by atoms with Crippen molar-refractivity contribution in [2.45, 2.75) is 38.9 Å². The summed E-state index contributed by atoms with van der Waals surface area (Å²) in [5.74, 6) is 0.507. The van der Waals surface area contributed by atoms with Gasteiger partial charge in [0.15, 0.2) is 0 Å². The summed E-state index contributed by atoms with van der Waals surface area (Å²) in [5, 5.41) is 6.37. The Balaban J connectivity index is 1.60. The molecule has 0 radical (unpaired) electrons. The highest BCUT2D eigenvalue weighted by molar-refractivity contribution is 5.74. The van der Waals surface area contributed by atoms with Gasteiger partial charge in [-0.1, -0.05) is 30.8 Å². The number of carbonyl (C=O) groups is 1. The lowest BCUT2D eigenvalue weighted by Crippen LogP contribution is -2.49. The first-order chi connectivity index (χ1) is 14.5. The first kappa shape index (κ1) is 21.8. The number of hydrogen-bond acceptors (Lipinski definition) is 3. The van der Waals surface area contributed by atoms with E-state index in [1.54, 1.807) is 12.1 Å². The van der Waals surface area contributed by atoms with Gasteiger partial charge in [0.25, 0.3) is 0 Å². The maximum atomic E-state index is 13.2. The molecule has 0 aromatic heterocycles. The second kappa shape index (κ2) is 10.8. The predicted octanol–water partition coefficient (Wildman–Crippen LogP) is 4.24. The Morgan fingerprint density at radius 3 is 2.40 bits per heavy atom. The number of rotatable bonds is 8. The van der Waals surface area contributed by atoms with Gasteiger partial charge in [0.1, 0.15) is 18.2 Å². The molecule has 0 spiro atoms. The van der Waals surface area contributed by atoms with Crippen LogP contribution in [0.2, 0.25) is 0 Å². The average molecular weight is 412 g/mol. The molecule has 1 aliphatic rings. The van der Waals surface area contributed by atoms with Gasteiger partial charge < -0.3 is 20.3 Å². The fourth-order valence-corrected chi connectivity index (χ4v) is 3.46. The number of piperidine rings is 1. The van der Waals surface area contributed by atoms with Gasteiger partial charge in [0, 0.05) is 19.1 Å². The normalized spacial score (nSPS) is 14.2. The SMILES string of the molecule is C=C(C)COc1ccc(CNC(=O)N(Cc2ccc(F)cc2)C2CCNCC2)cc1. The van der Waals surface area contributed by atoms with E-state index in [1.807, 2.05) is 36.1 Å². The molecule has 30 heavy (non-hydrogen) atoms. The Hall–Kier alpha value is -2.86. The van der Waals surface area contributed by atoms with Gasteiger partial charge in [0.2, 0.25) is 0 Å². The van der Waals surface area contributed by atoms with Gasteiger partial charge in [-0.05, 0) is 73.8 Å². The molecule has 0 atom stereocenters. The zero-order valence-electron chi connectivity index (χ0n) is 17.5. The van der Waals surface area contributed by atoms with Crippen molar-refractivity contribution in [2.75, 3.05) is 19.7 Å². The third-order valence-corrected chi connectivity index (χ3v) is 5.13. The molecule has 1 aliphatic heterocycles. The summed E-state index contributed by atoms with van der Waals surface area (Å²) in [4.78, 5) is 14.9. The summed E-state index contributed by atoms with van der Waals surface area (Å²) in [6, 6.07) is 14.1. The van der Waals surface area contributed by atoms with Gasteiger partial charge in [-0.2, -0.15) is 0 Å². The summed E-state index contributed by atoms with van der Waals surface area (Å²) in [6.07, 6.45) is 1.81. The van der Waals surface area contributed by atoms with E-state index in [-0.39, 0.29) is 17.9 Å². The third-order valence-electron chi connectivity index (χ3n) is 5.13. The van der Waals surface area contributed by atoms with Crippen LogP contribution in [0.15, 0.2) is 60.7 Å². The Morgan fingerprint density at radius 2 is 1.77 bits per heavy atom. The molecule has 3 rings (SSSR count). The van der Waals surface area contributed by atoms with E-state index in [4.69, 9.17) is 4.74 Å². The van der Waals surface area contributed by atoms with Crippen LogP contribution >= 0.6 is 0 Å². The number of halogens is 1. The second-order valence-electron chi connectivity index (χ2n) is 7.78. The Morgan fingerprint density at radius 1 is 1.13 bits per heavy atom. The van der Waals surface area contributed by atoms with Crippen LogP contribution in [0.3, 0.4) is 0 Å². The first-order valence-corrected chi connectivity index (χ1v) is 10.4. The summed E-state index contributed by atoms with van der Waals surface area (Å²) in [6.45, 7) is 8.92. The van der Waals surface area contributed by atoms with Crippen molar-refractivity contribution >= 4 is 6.03 Å². The summed E-state index contributed by atoms with van der Waals surface area (Å²) >= 11 is 0. The fourth-order valence-electron chi connectivity index (χ4n) is 3.46. The molecular formula is C24H30FN3O2. The van der Waals surface area contributed by atoms with Crippen LogP contribution < -0.4 is 15.4 Å². The van der Waals surface area contributed by atoms with Crippen LogP contribution in [0.25, 0.3) is 0 Å². The molecule has 1 heterocycles. The quantitative estimate of drug-likeness (QED) is 0.639. The number of urea groups is 1. The summed E-state index contributed by atoms with van der Waals surface area (Å²) in [5.41, 5.74) is 2.88. The molecule has 2 N–H and O–H groups in total. The molecular weight excluding hydrogens is 381 g/mol. The standard InChI is InChI=1S/C24H30FN3O2/c1-18(2)17-30-23-9-5-19(6-10-23)15-27-24(29)28(22-11-13-26-14-12-22)16-20-3-7-21(25)8-4-20/h3-10,22,26H,1,11-17H2,2H3,(H,27,29).